The summed E-state index contributed by atoms with van der Waals surface area (Å²) in [6, 6.07) is -0.169. The number of nitrogens with two attached hydrogens (primary N) is 2. The summed E-state index contributed by atoms with van der Waals surface area (Å²) in [6.45, 7) is 4.65. The van der Waals surface area contributed by atoms with Gasteiger partial charge in [-0.25, -0.2) is 0 Å². The first-order valence-electron chi connectivity index (χ1n) is 6.05. The highest BCUT2D eigenvalue weighted by Crippen LogP contribution is 2.27. The smallest absolute Gasteiger partial charge is 0.123 e. The van der Waals surface area contributed by atoms with Gasteiger partial charge in [0, 0.05) is 18.5 Å². The summed E-state index contributed by atoms with van der Waals surface area (Å²) in [5.74, 6) is 6.11. The Kier molecular flexibility index (Phi) is 4.08. The molecule has 0 spiro atoms. The molecule has 0 aliphatic rings. The van der Waals surface area contributed by atoms with E-state index in [2.05, 4.69) is 20.7 Å². The fourth-order valence-electron chi connectivity index (χ4n) is 2.10. The molecule has 0 aliphatic carbocycles. The zero-order valence-electron chi connectivity index (χ0n) is 10.9. The van der Waals surface area contributed by atoms with Crippen LogP contribution in [0.4, 0.5) is 5.82 Å². The van der Waals surface area contributed by atoms with Crippen LogP contribution in [0.1, 0.15) is 29.9 Å². The van der Waals surface area contributed by atoms with Crippen LogP contribution in [0, 0.1) is 6.92 Å². The molecule has 7 nitrogen and oxygen atoms in total. The quantitative estimate of drug-likeness (QED) is 0.482. The number of hydrazine groups is 1. The van der Waals surface area contributed by atoms with Gasteiger partial charge in [0.1, 0.15) is 5.82 Å². The summed E-state index contributed by atoms with van der Waals surface area (Å²) in [7, 11) is 0. The Morgan fingerprint density at radius 2 is 2.32 bits per heavy atom. The third-order valence-corrected chi connectivity index (χ3v) is 3.62. The van der Waals surface area contributed by atoms with Gasteiger partial charge in [-0.15, -0.1) is 0 Å². The Labute approximate surface area is 116 Å². The first-order chi connectivity index (χ1) is 9.08. The second kappa shape index (κ2) is 5.60. The second-order valence-corrected chi connectivity index (χ2v) is 4.70. The van der Waals surface area contributed by atoms with Gasteiger partial charge in [-0.1, -0.05) is 11.6 Å². The number of nitrogen functional groups attached to an aromatic ring is 1. The van der Waals surface area contributed by atoms with Crippen LogP contribution in [-0.4, -0.2) is 20.0 Å². The summed E-state index contributed by atoms with van der Waals surface area (Å²) in [6.07, 6.45) is 2.25. The molecular formula is C11H18ClN7. The first-order valence-corrected chi connectivity index (χ1v) is 6.42. The molecule has 1 unspecified atom stereocenters. The number of hydrogen-bond acceptors (Lipinski definition) is 5. The van der Waals surface area contributed by atoms with Crippen molar-refractivity contribution >= 4 is 17.4 Å². The average molecular weight is 284 g/mol. The molecule has 0 aromatic carbocycles. The average Bonchev–Trinajstić information content (AvgIpc) is 2.93. The lowest BCUT2D eigenvalue weighted by molar-refractivity contribution is 0.518. The highest BCUT2D eigenvalue weighted by molar-refractivity contribution is 6.31. The van der Waals surface area contributed by atoms with E-state index in [0.717, 1.165) is 23.5 Å². The molecule has 0 radical (unpaired) electrons. The molecule has 104 valence electrons. The number of halogens is 1. The molecule has 0 saturated heterocycles. The van der Waals surface area contributed by atoms with Crippen LogP contribution in [-0.2, 0) is 13.0 Å². The fourth-order valence-corrected chi connectivity index (χ4v) is 2.31. The van der Waals surface area contributed by atoms with Gasteiger partial charge >= 0.3 is 0 Å². The van der Waals surface area contributed by atoms with Crippen molar-refractivity contribution in [2.75, 3.05) is 5.73 Å². The zero-order chi connectivity index (χ0) is 14.0. The normalized spacial score (nSPS) is 12.8. The van der Waals surface area contributed by atoms with Crippen LogP contribution in [0.15, 0.2) is 6.20 Å². The Balaban J connectivity index is 2.31. The topological polar surface area (TPSA) is 111 Å². The molecule has 0 bridgehead atoms. The number of aromatic nitrogens is 4. The standard InChI is InChI=1S/C11H18ClN7/c1-3-19-9(10(12)6(2)18-19)4-8(16-14)7-5-15-17-11(7)13/h5,8,16H,3-4,14H2,1-2H3,(H3,13,15,17). The third-order valence-electron chi connectivity index (χ3n) is 3.13. The molecule has 6 N–H and O–H groups in total. The Morgan fingerprint density at radius 1 is 1.58 bits per heavy atom. The SMILES string of the molecule is CCn1nc(C)c(Cl)c1CC(NN)c1cn[nH]c1N. The maximum atomic E-state index is 6.29. The van der Waals surface area contributed by atoms with Crippen LogP contribution in [0.5, 0.6) is 0 Å². The van der Waals surface area contributed by atoms with Gasteiger partial charge in [0.05, 0.1) is 28.6 Å². The lowest BCUT2D eigenvalue weighted by Crippen LogP contribution is -2.30. The van der Waals surface area contributed by atoms with E-state index in [1.54, 1.807) is 6.20 Å². The van der Waals surface area contributed by atoms with Crippen LogP contribution < -0.4 is 17.0 Å². The van der Waals surface area contributed by atoms with Gasteiger partial charge in [-0.3, -0.25) is 21.0 Å². The minimum absolute atomic E-state index is 0.169. The number of anilines is 1. The fraction of sp³-hybridized carbons (Fsp3) is 0.455. The molecule has 2 aromatic rings. The lowest BCUT2D eigenvalue weighted by Gasteiger charge is -2.16. The lowest BCUT2D eigenvalue weighted by atomic mass is 10.1. The monoisotopic (exact) mass is 283 g/mol. The van der Waals surface area contributed by atoms with E-state index in [0.29, 0.717) is 17.3 Å². The van der Waals surface area contributed by atoms with Crippen molar-refractivity contribution in [2.45, 2.75) is 32.9 Å². The van der Waals surface area contributed by atoms with E-state index in [1.807, 2.05) is 18.5 Å². The number of aromatic amines is 1. The first kappa shape index (κ1) is 13.9. The second-order valence-electron chi connectivity index (χ2n) is 4.32. The highest BCUT2D eigenvalue weighted by Gasteiger charge is 2.20. The maximum Gasteiger partial charge on any atom is 0.123 e. The van der Waals surface area contributed by atoms with E-state index < -0.39 is 0 Å². The van der Waals surface area contributed by atoms with Crippen LogP contribution in [0.3, 0.4) is 0 Å². The summed E-state index contributed by atoms with van der Waals surface area (Å²) in [5, 5.41) is 11.6. The summed E-state index contributed by atoms with van der Waals surface area (Å²) in [4.78, 5) is 0. The molecule has 0 saturated carbocycles. The predicted molar refractivity (Wildman–Crippen MR) is 74.4 cm³/mol. The molecule has 0 fully saturated rings. The van der Waals surface area contributed by atoms with Gasteiger partial charge < -0.3 is 5.73 Å². The molecule has 0 aliphatic heterocycles. The Morgan fingerprint density at radius 3 is 2.84 bits per heavy atom. The Hall–Kier alpha value is -1.57. The van der Waals surface area contributed by atoms with Crippen molar-refractivity contribution < 1.29 is 0 Å². The maximum absolute atomic E-state index is 6.29. The number of H-pyrrole nitrogens is 1. The van der Waals surface area contributed by atoms with E-state index in [9.17, 15) is 0 Å². The number of rotatable bonds is 5. The van der Waals surface area contributed by atoms with Gasteiger partial charge in [0.15, 0.2) is 0 Å². The number of aryl methyl sites for hydroxylation is 2. The highest BCUT2D eigenvalue weighted by atomic mass is 35.5. The van der Waals surface area contributed by atoms with E-state index >= 15 is 0 Å². The van der Waals surface area contributed by atoms with Crippen molar-refractivity contribution in [3.8, 4) is 0 Å². The molecule has 0 amide bonds. The molecule has 2 heterocycles. The molecule has 19 heavy (non-hydrogen) atoms. The largest absolute Gasteiger partial charge is 0.384 e. The summed E-state index contributed by atoms with van der Waals surface area (Å²) < 4.78 is 1.87. The van der Waals surface area contributed by atoms with Crippen molar-refractivity contribution in [3.05, 3.63) is 28.2 Å². The predicted octanol–water partition coefficient (Wildman–Crippen LogP) is 0.917. The molecular weight excluding hydrogens is 266 g/mol. The summed E-state index contributed by atoms with van der Waals surface area (Å²) in [5.41, 5.74) is 11.1. The van der Waals surface area contributed by atoms with Crippen LogP contribution in [0.25, 0.3) is 0 Å². The molecule has 2 rings (SSSR count). The van der Waals surface area contributed by atoms with Gasteiger partial charge in [0.25, 0.3) is 0 Å². The van der Waals surface area contributed by atoms with Crippen molar-refractivity contribution in [3.63, 3.8) is 0 Å². The number of hydrogen-bond donors (Lipinski definition) is 4. The van der Waals surface area contributed by atoms with Crippen LogP contribution in [0.2, 0.25) is 5.02 Å². The van der Waals surface area contributed by atoms with Crippen LogP contribution >= 0.6 is 11.6 Å². The minimum atomic E-state index is -0.169. The van der Waals surface area contributed by atoms with Crippen molar-refractivity contribution in [2.24, 2.45) is 5.84 Å². The third kappa shape index (κ3) is 2.58. The van der Waals surface area contributed by atoms with E-state index in [4.69, 9.17) is 23.2 Å². The van der Waals surface area contributed by atoms with E-state index in [1.165, 1.54) is 0 Å². The van der Waals surface area contributed by atoms with Gasteiger partial charge in [-0.2, -0.15) is 10.2 Å². The van der Waals surface area contributed by atoms with Gasteiger partial charge in [0.2, 0.25) is 0 Å². The van der Waals surface area contributed by atoms with E-state index in [-0.39, 0.29) is 6.04 Å². The molecule has 1 atom stereocenters. The number of nitrogens with zero attached hydrogens (tertiary/aromatic N) is 3. The summed E-state index contributed by atoms with van der Waals surface area (Å²) >= 11 is 6.29. The van der Waals surface area contributed by atoms with Crippen molar-refractivity contribution in [1.29, 1.82) is 0 Å². The minimum Gasteiger partial charge on any atom is -0.384 e. The van der Waals surface area contributed by atoms with Gasteiger partial charge in [-0.05, 0) is 13.8 Å². The van der Waals surface area contributed by atoms with Crippen molar-refractivity contribution in [1.82, 2.24) is 25.4 Å². The molecule has 2 aromatic heterocycles. The Bertz CT molecular complexity index is 559. The molecule has 8 heteroatoms. The zero-order valence-corrected chi connectivity index (χ0v) is 11.7. The number of nitrogens with one attached hydrogen (secondary N) is 2.